The zero-order valence-electron chi connectivity index (χ0n) is 33.9. The maximum atomic E-state index is 6.99. The molecule has 0 atom stereocenters. The molecule has 2 nitrogen and oxygen atoms in total. The van der Waals surface area contributed by atoms with Gasteiger partial charge in [-0.1, -0.05) is 101 Å². The Labute approximate surface area is 354 Å². The van der Waals surface area contributed by atoms with E-state index >= 15 is 0 Å². The van der Waals surface area contributed by atoms with Gasteiger partial charge in [-0.25, -0.2) is 0 Å². The number of unbranched alkanes of at least 4 members (excludes halogenated alkanes) is 4. The smallest absolute Gasteiger partial charge is 0.497 e. The molecule has 0 bridgehead atoms. The number of hydrogen-bond donors (Lipinski definition) is 0. The van der Waals surface area contributed by atoms with E-state index in [9.17, 15) is 0 Å². The van der Waals surface area contributed by atoms with Gasteiger partial charge in [-0.2, -0.15) is 0 Å². The first-order valence-corrected chi connectivity index (χ1v) is 22.1. The van der Waals surface area contributed by atoms with Gasteiger partial charge in [0, 0.05) is 22.3 Å². The first-order chi connectivity index (χ1) is 26.5. The Morgan fingerprint density at radius 1 is 0.400 bits per heavy atom. The molecule has 55 heavy (non-hydrogen) atoms. The van der Waals surface area contributed by atoms with Crippen LogP contribution in [0.4, 0.5) is 0 Å². The molecule has 0 aliphatic carbocycles. The Morgan fingerprint density at radius 3 is 0.818 bits per heavy atom. The first kappa shape index (κ1) is 51.3. The zero-order chi connectivity index (χ0) is 39.5. The van der Waals surface area contributed by atoms with Gasteiger partial charge in [-0.15, -0.1) is 52.6 Å². The van der Waals surface area contributed by atoms with Crippen LogP contribution in [0.1, 0.15) is 112 Å². The van der Waals surface area contributed by atoms with E-state index in [1.165, 1.54) is 93.2 Å². The molecule has 0 amide bonds. The number of methoxy groups -OCH3 is 2. The van der Waals surface area contributed by atoms with E-state index in [4.69, 9.17) is 22.3 Å². The molecule has 0 fully saturated rings. The Morgan fingerprint density at radius 2 is 0.618 bits per heavy atom. The first-order valence-electron chi connectivity index (χ1n) is 19.3. The minimum atomic E-state index is 0. The minimum Gasteiger partial charge on any atom is -0.497 e. The van der Waals surface area contributed by atoms with Crippen molar-refractivity contribution in [3.8, 4) is 47.0 Å². The van der Waals surface area contributed by atoms with Crippen molar-refractivity contribution in [1.29, 1.82) is 0 Å². The summed E-state index contributed by atoms with van der Waals surface area (Å²) >= 11 is 0. The predicted molar refractivity (Wildman–Crippen MR) is 239 cm³/mol. The van der Waals surface area contributed by atoms with E-state index in [2.05, 4.69) is 63.2 Å². The molecule has 0 aromatic heterocycles. The van der Waals surface area contributed by atoms with Crippen LogP contribution in [0, 0.1) is 48.4 Å². The van der Waals surface area contributed by atoms with E-state index in [-0.39, 0.29) is 21.1 Å². The van der Waals surface area contributed by atoms with Crippen molar-refractivity contribution in [2.45, 2.75) is 79.1 Å². The second-order valence-electron chi connectivity index (χ2n) is 12.3. The van der Waals surface area contributed by atoms with E-state index in [0.29, 0.717) is 0 Å². The van der Waals surface area contributed by atoms with E-state index < -0.39 is 0 Å². The van der Waals surface area contributed by atoms with Crippen LogP contribution in [0.2, 0.25) is 0 Å². The summed E-state index contributed by atoms with van der Waals surface area (Å²) < 4.78 is 10.2. The van der Waals surface area contributed by atoms with Gasteiger partial charge in [-0.05, 0) is 98.9 Å². The summed E-state index contributed by atoms with van der Waals surface area (Å²) in [7, 11) is 5.77. The maximum Gasteiger partial charge on any atom is 2.00 e. The summed E-state index contributed by atoms with van der Waals surface area (Å²) in [6.07, 6.45) is 31.2. The van der Waals surface area contributed by atoms with Gasteiger partial charge in [0.15, 0.2) is 0 Å². The molecule has 0 aliphatic rings. The molecule has 292 valence electrons. The van der Waals surface area contributed by atoms with Crippen LogP contribution in [-0.4, -0.2) is 38.9 Å². The van der Waals surface area contributed by atoms with Crippen LogP contribution in [0.3, 0.4) is 0 Å². The second kappa shape index (κ2) is 35.9. The fraction of sp³-hybridized carbons (Fsp3) is 0.360. The molecule has 4 aromatic rings. The maximum absolute atomic E-state index is 6.99. The van der Waals surface area contributed by atoms with Crippen LogP contribution in [0.5, 0.6) is 11.5 Å². The molecular formula is C50H60O2P2Pt. The van der Waals surface area contributed by atoms with Crippen LogP contribution >= 0.6 is 17.2 Å². The summed E-state index contributed by atoms with van der Waals surface area (Å²) in [6, 6.07) is 30.1. The fourth-order valence-electron chi connectivity index (χ4n) is 4.37. The summed E-state index contributed by atoms with van der Waals surface area (Å²) in [4.78, 5) is 0. The molecule has 4 rings (SSSR count). The van der Waals surface area contributed by atoms with Crippen molar-refractivity contribution in [3.63, 3.8) is 0 Å². The van der Waals surface area contributed by atoms with E-state index in [1.807, 2.05) is 97.1 Å². The average molecular weight is 950 g/mol. The third-order valence-corrected chi connectivity index (χ3v) is 10.6. The quantitative estimate of drug-likeness (QED) is 0.0543. The van der Waals surface area contributed by atoms with Gasteiger partial charge in [0.05, 0.1) is 14.2 Å². The molecule has 0 radical (unpaired) electrons. The van der Waals surface area contributed by atoms with Crippen molar-refractivity contribution in [2.24, 2.45) is 0 Å². The molecule has 5 heteroatoms. The van der Waals surface area contributed by atoms with Crippen LogP contribution in [-0.2, 0) is 21.1 Å². The van der Waals surface area contributed by atoms with Crippen LogP contribution in [0.25, 0.3) is 0 Å². The normalized spacial score (nSPS) is 9.09. The van der Waals surface area contributed by atoms with Gasteiger partial charge >= 0.3 is 21.1 Å². The van der Waals surface area contributed by atoms with Gasteiger partial charge in [0.1, 0.15) is 11.5 Å². The standard InChI is InChI=1S/2C17H11O.2C8H19P.Pt/c2*1-3-14-4-6-15(7-5-14)8-9-16-10-12-17(18-2)13-11-16;2*1-3-5-7-9-8-6-4-2;/h2*4-7,10-13H,2H3;2*9H,3-8H2,1-2H3;/q2*-1;;;+2. The molecule has 0 N–H and O–H groups in total. The molecule has 0 unspecified atom stereocenters. The summed E-state index contributed by atoms with van der Waals surface area (Å²) in [6.45, 7) is 9.07. The molecular weight excluding hydrogens is 890 g/mol. The molecule has 0 spiro atoms. The number of ether oxygens (including phenoxy) is 2. The summed E-state index contributed by atoms with van der Waals surface area (Å²) in [5, 5.41) is 0. The minimum absolute atomic E-state index is 0. The van der Waals surface area contributed by atoms with Crippen LogP contribution < -0.4 is 9.47 Å². The van der Waals surface area contributed by atoms with Crippen molar-refractivity contribution in [2.75, 3.05) is 38.9 Å². The SMILES string of the molecule is CCCCPCCCC.CCCCPCCCC.[C-]#Cc1ccc(C#Cc2ccc(OC)cc2)cc1.[C-]#Cc1ccc(C#Cc2ccc(OC)cc2)cc1.[Pt+2]. The van der Waals surface area contributed by atoms with Crippen molar-refractivity contribution in [3.05, 3.63) is 143 Å². The predicted octanol–water partition coefficient (Wildman–Crippen LogP) is 12.6. The topological polar surface area (TPSA) is 18.5 Å². The number of hydrogen-bond acceptors (Lipinski definition) is 2. The molecule has 0 saturated heterocycles. The third-order valence-electron chi connectivity index (χ3n) is 7.77. The second-order valence-corrected chi connectivity index (χ2v) is 15.3. The Kier molecular flexibility index (Phi) is 33.5. The van der Waals surface area contributed by atoms with E-state index in [0.717, 1.165) is 44.9 Å². The number of rotatable bonds is 14. The molecule has 0 saturated carbocycles. The van der Waals surface area contributed by atoms with Gasteiger partial charge in [0.2, 0.25) is 0 Å². The fourth-order valence-corrected chi connectivity index (χ4v) is 7.28. The summed E-state index contributed by atoms with van der Waals surface area (Å²) in [5.41, 5.74) is 5.24. The van der Waals surface area contributed by atoms with Crippen molar-refractivity contribution >= 4 is 17.2 Å². The summed E-state index contributed by atoms with van der Waals surface area (Å²) in [5.74, 6) is 18.6. The number of benzene rings is 4. The van der Waals surface area contributed by atoms with Crippen molar-refractivity contribution < 1.29 is 30.5 Å². The van der Waals surface area contributed by atoms with Crippen LogP contribution in [0.15, 0.2) is 97.1 Å². The van der Waals surface area contributed by atoms with Crippen molar-refractivity contribution in [1.82, 2.24) is 0 Å². The van der Waals surface area contributed by atoms with Gasteiger partial charge in [-0.3, -0.25) is 11.8 Å². The monoisotopic (exact) mass is 949 g/mol. The third kappa shape index (κ3) is 26.7. The largest absolute Gasteiger partial charge is 2.00 e. The van der Waals surface area contributed by atoms with Gasteiger partial charge < -0.3 is 22.3 Å². The van der Waals surface area contributed by atoms with Gasteiger partial charge in [0.25, 0.3) is 0 Å². The molecule has 4 aromatic carbocycles. The zero-order valence-corrected chi connectivity index (χ0v) is 38.1. The molecule has 0 heterocycles. The average Bonchev–Trinajstić information content (AvgIpc) is 3.23. The Hall–Kier alpha value is -3.73. The van der Waals surface area contributed by atoms with E-state index in [1.54, 1.807) is 14.2 Å². The Bertz CT molecular complexity index is 1580. The Balaban J connectivity index is 0.000000742. The molecule has 0 aliphatic heterocycles.